The third-order valence-electron chi connectivity index (χ3n) is 5.40. The maximum atomic E-state index is 13.1. The second-order valence-electron chi connectivity index (χ2n) is 7.76. The highest BCUT2D eigenvalue weighted by molar-refractivity contribution is 6.46. The van der Waals surface area contributed by atoms with Crippen molar-refractivity contribution in [3.05, 3.63) is 64.2 Å². The highest BCUT2D eigenvalue weighted by atomic mass is 35.5. The number of carbonyl (C=O) groups is 2. The Labute approximate surface area is 192 Å². The number of ketones is 1. The van der Waals surface area contributed by atoms with Crippen LogP contribution in [0.1, 0.15) is 23.6 Å². The van der Waals surface area contributed by atoms with Gasteiger partial charge in [0.1, 0.15) is 17.3 Å². The Morgan fingerprint density at radius 1 is 1.09 bits per heavy atom. The van der Waals surface area contributed by atoms with Gasteiger partial charge in [0.2, 0.25) is 0 Å². The molecule has 1 saturated heterocycles. The summed E-state index contributed by atoms with van der Waals surface area (Å²) in [7, 11) is 6.94. The zero-order valence-corrected chi connectivity index (χ0v) is 19.3. The highest BCUT2D eigenvalue weighted by Gasteiger charge is 2.46. The summed E-state index contributed by atoms with van der Waals surface area (Å²) in [4.78, 5) is 29.6. The minimum Gasteiger partial charge on any atom is -0.507 e. The molecule has 0 spiro atoms. The Morgan fingerprint density at radius 2 is 1.78 bits per heavy atom. The van der Waals surface area contributed by atoms with Gasteiger partial charge in [-0.2, -0.15) is 0 Å². The average molecular weight is 459 g/mol. The molecule has 1 heterocycles. The summed E-state index contributed by atoms with van der Waals surface area (Å²) in [6.07, 6.45) is 0.663. The van der Waals surface area contributed by atoms with Crippen LogP contribution in [0.4, 0.5) is 0 Å². The monoisotopic (exact) mass is 458 g/mol. The summed E-state index contributed by atoms with van der Waals surface area (Å²) in [5.41, 5.74) is 1.01. The zero-order chi connectivity index (χ0) is 23.4. The van der Waals surface area contributed by atoms with Crippen LogP contribution in [0.15, 0.2) is 48.0 Å². The molecule has 0 bridgehead atoms. The number of rotatable bonds is 8. The third kappa shape index (κ3) is 4.74. The van der Waals surface area contributed by atoms with Crippen molar-refractivity contribution in [2.75, 3.05) is 41.4 Å². The molecule has 0 unspecified atom stereocenters. The van der Waals surface area contributed by atoms with Crippen molar-refractivity contribution in [2.45, 2.75) is 12.5 Å². The molecule has 2 aromatic rings. The van der Waals surface area contributed by atoms with Crippen molar-refractivity contribution < 1.29 is 24.2 Å². The van der Waals surface area contributed by atoms with Gasteiger partial charge >= 0.3 is 0 Å². The molecule has 1 fully saturated rings. The smallest absolute Gasteiger partial charge is 0.295 e. The number of benzene rings is 2. The number of aliphatic hydroxyl groups excluding tert-OH is 1. The molecule has 0 saturated carbocycles. The molecule has 1 aliphatic heterocycles. The SMILES string of the molecule is COc1ccc([C@@H]2/C(=C(\O)c3ccc(Cl)cc3)C(=O)C(=O)N2CCCN(C)C)c(OC)c1. The van der Waals surface area contributed by atoms with Crippen LogP contribution in [0, 0.1) is 0 Å². The number of hydrogen-bond donors (Lipinski definition) is 1. The predicted octanol–water partition coefficient (Wildman–Crippen LogP) is 3.73. The van der Waals surface area contributed by atoms with Gasteiger partial charge in [0.25, 0.3) is 11.7 Å². The van der Waals surface area contributed by atoms with Gasteiger partial charge < -0.3 is 24.4 Å². The minimum absolute atomic E-state index is 0.0191. The van der Waals surface area contributed by atoms with Crippen molar-refractivity contribution in [3.63, 3.8) is 0 Å². The fourth-order valence-electron chi connectivity index (χ4n) is 3.80. The van der Waals surface area contributed by atoms with Crippen LogP contribution in [0.5, 0.6) is 11.5 Å². The predicted molar refractivity (Wildman–Crippen MR) is 123 cm³/mol. The largest absolute Gasteiger partial charge is 0.507 e. The summed E-state index contributed by atoms with van der Waals surface area (Å²) in [6, 6.07) is 10.8. The third-order valence-corrected chi connectivity index (χ3v) is 5.65. The van der Waals surface area contributed by atoms with Crippen LogP contribution in [-0.2, 0) is 9.59 Å². The van der Waals surface area contributed by atoms with Crippen molar-refractivity contribution in [1.29, 1.82) is 0 Å². The first-order chi connectivity index (χ1) is 15.3. The molecule has 0 radical (unpaired) electrons. The Morgan fingerprint density at radius 3 is 2.38 bits per heavy atom. The first-order valence-electron chi connectivity index (χ1n) is 10.2. The van der Waals surface area contributed by atoms with Crippen LogP contribution in [-0.4, -0.2) is 68.0 Å². The van der Waals surface area contributed by atoms with Gasteiger partial charge in [-0.15, -0.1) is 0 Å². The van der Waals surface area contributed by atoms with Crippen LogP contribution in [0.3, 0.4) is 0 Å². The van der Waals surface area contributed by atoms with E-state index in [2.05, 4.69) is 0 Å². The molecule has 32 heavy (non-hydrogen) atoms. The van der Waals surface area contributed by atoms with E-state index in [1.807, 2.05) is 19.0 Å². The Balaban J connectivity index is 2.16. The van der Waals surface area contributed by atoms with Gasteiger partial charge in [0.05, 0.1) is 25.8 Å². The molecule has 1 N–H and O–H groups in total. The lowest BCUT2D eigenvalue weighted by Crippen LogP contribution is -2.32. The van der Waals surface area contributed by atoms with E-state index in [9.17, 15) is 14.7 Å². The van der Waals surface area contributed by atoms with Crippen LogP contribution >= 0.6 is 11.6 Å². The van der Waals surface area contributed by atoms with E-state index in [4.69, 9.17) is 21.1 Å². The van der Waals surface area contributed by atoms with E-state index in [1.54, 1.807) is 49.6 Å². The van der Waals surface area contributed by atoms with Gasteiger partial charge in [-0.05, 0) is 63.5 Å². The van der Waals surface area contributed by atoms with Gasteiger partial charge in [-0.1, -0.05) is 11.6 Å². The fourth-order valence-corrected chi connectivity index (χ4v) is 3.92. The molecule has 0 aliphatic carbocycles. The van der Waals surface area contributed by atoms with Crippen molar-refractivity contribution >= 4 is 29.1 Å². The number of hydrogen-bond acceptors (Lipinski definition) is 6. The zero-order valence-electron chi connectivity index (χ0n) is 18.6. The second kappa shape index (κ2) is 10.1. The van der Waals surface area contributed by atoms with Crippen LogP contribution in [0.25, 0.3) is 5.76 Å². The number of methoxy groups -OCH3 is 2. The van der Waals surface area contributed by atoms with Gasteiger partial charge in [0, 0.05) is 28.8 Å². The first-order valence-corrected chi connectivity index (χ1v) is 10.6. The van der Waals surface area contributed by atoms with E-state index < -0.39 is 17.7 Å². The van der Waals surface area contributed by atoms with Crippen molar-refractivity contribution in [2.24, 2.45) is 0 Å². The van der Waals surface area contributed by atoms with E-state index in [0.29, 0.717) is 40.6 Å². The lowest BCUT2D eigenvalue weighted by molar-refractivity contribution is -0.140. The Hall–Kier alpha value is -3.03. The molecule has 8 heteroatoms. The molecule has 2 aromatic carbocycles. The number of likely N-dealkylation sites (tertiary alicyclic amines) is 1. The Bertz CT molecular complexity index is 1030. The molecule has 1 aliphatic rings. The minimum atomic E-state index is -0.798. The van der Waals surface area contributed by atoms with Crippen molar-refractivity contribution in [1.82, 2.24) is 9.80 Å². The van der Waals surface area contributed by atoms with Gasteiger partial charge in [0.15, 0.2) is 0 Å². The molecule has 7 nitrogen and oxygen atoms in total. The standard InChI is InChI=1S/C24H27ClN2O5/c1-26(2)12-5-13-27-21(18-11-10-17(31-3)14-19(18)32-4)20(23(29)24(27)30)22(28)15-6-8-16(25)9-7-15/h6-11,14,21,28H,5,12-13H2,1-4H3/b22-20+/t21-/m1/s1. The topological polar surface area (TPSA) is 79.3 Å². The van der Waals surface area contributed by atoms with E-state index in [0.717, 1.165) is 6.54 Å². The second-order valence-corrected chi connectivity index (χ2v) is 8.20. The van der Waals surface area contributed by atoms with Gasteiger partial charge in [-0.3, -0.25) is 9.59 Å². The summed E-state index contributed by atoms with van der Waals surface area (Å²) < 4.78 is 10.8. The summed E-state index contributed by atoms with van der Waals surface area (Å²) >= 11 is 5.97. The highest BCUT2D eigenvalue weighted by Crippen LogP contribution is 2.43. The molecule has 170 valence electrons. The number of aliphatic hydroxyl groups is 1. The van der Waals surface area contributed by atoms with Gasteiger partial charge in [-0.25, -0.2) is 0 Å². The van der Waals surface area contributed by atoms with Crippen LogP contribution < -0.4 is 9.47 Å². The maximum absolute atomic E-state index is 13.1. The molecular formula is C24H27ClN2O5. The number of nitrogens with zero attached hydrogens (tertiary/aromatic N) is 2. The quantitative estimate of drug-likeness (QED) is 0.369. The lowest BCUT2D eigenvalue weighted by Gasteiger charge is -2.27. The summed E-state index contributed by atoms with van der Waals surface area (Å²) in [5, 5.41) is 11.6. The van der Waals surface area contributed by atoms with Crippen LogP contribution in [0.2, 0.25) is 5.02 Å². The number of amides is 1. The van der Waals surface area contributed by atoms with Crippen molar-refractivity contribution in [3.8, 4) is 11.5 Å². The number of carbonyl (C=O) groups excluding carboxylic acids is 2. The molecule has 1 amide bonds. The number of halogens is 1. The molecule has 0 aromatic heterocycles. The fraction of sp³-hybridized carbons (Fsp3) is 0.333. The van der Waals surface area contributed by atoms with E-state index in [1.165, 1.54) is 12.0 Å². The average Bonchev–Trinajstić information content (AvgIpc) is 3.03. The number of Topliss-reactive ketones (excluding diaryl/α,β-unsaturated/α-hetero) is 1. The van der Waals surface area contributed by atoms with E-state index >= 15 is 0 Å². The number of ether oxygens (including phenoxy) is 2. The maximum Gasteiger partial charge on any atom is 0.295 e. The molecular weight excluding hydrogens is 432 g/mol. The summed E-state index contributed by atoms with van der Waals surface area (Å²) in [5.74, 6) is -0.603. The first kappa shape index (κ1) is 23.6. The summed E-state index contributed by atoms with van der Waals surface area (Å²) in [6.45, 7) is 1.09. The molecule has 3 rings (SSSR count). The lowest BCUT2D eigenvalue weighted by atomic mass is 9.94. The molecule has 1 atom stereocenters. The van der Waals surface area contributed by atoms with E-state index in [-0.39, 0.29) is 11.3 Å². The normalized spacial score (nSPS) is 17.8. The Kier molecular flexibility index (Phi) is 7.43.